The predicted octanol–water partition coefficient (Wildman–Crippen LogP) is 3.32. The Hall–Kier alpha value is -0.470. The first-order valence-electron chi connectivity index (χ1n) is 5.12. The van der Waals surface area contributed by atoms with Gasteiger partial charge >= 0.3 is 0 Å². The van der Waals surface area contributed by atoms with Crippen molar-refractivity contribution in [3.05, 3.63) is 22.8 Å². The number of pyridine rings is 1. The van der Waals surface area contributed by atoms with Gasteiger partial charge in [-0.3, -0.25) is 0 Å². The molecule has 0 aromatic carbocycles. The van der Waals surface area contributed by atoms with Crippen molar-refractivity contribution in [2.45, 2.75) is 18.7 Å². The summed E-state index contributed by atoms with van der Waals surface area (Å²) in [5.74, 6) is 2.15. The largest absolute Gasteiger partial charge is 0.358 e. The standard InChI is InChI=1S/C11H14Cl2N2/c1-15(7-8-2-3-8)11-10(13)4-9(5-12)6-14-11/h4,6,8H,2-3,5,7H2,1H3. The first-order chi connectivity index (χ1) is 7.20. The van der Waals surface area contributed by atoms with E-state index >= 15 is 0 Å². The van der Waals surface area contributed by atoms with Crippen LogP contribution < -0.4 is 4.90 Å². The monoisotopic (exact) mass is 244 g/mol. The molecule has 1 aromatic rings. The zero-order valence-corrected chi connectivity index (χ0v) is 10.2. The van der Waals surface area contributed by atoms with Crippen molar-refractivity contribution < 1.29 is 0 Å². The van der Waals surface area contributed by atoms with Crippen LogP contribution in [-0.4, -0.2) is 18.6 Å². The molecule has 2 rings (SSSR count). The third kappa shape index (κ3) is 2.76. The Bertz CT molecular complexity index is 350. The maximum absolute atomic E-state index is 6.14. The zero-order chi connectivity index (χ0) is 10.8. The first-order valence-corrected chi connectivity index (χ1v) is 6.03. The van der Waals surface area contributed by atoms with Gasteiger partial charge in [0.25, 0.3) is 0 Å². The van der Waals surface area contributed by atoms with Gasteiger partial charge in [-0.15, -0.1) is 11.6 Å². The lowest BCUT2D eigenvalue weighted by molar-refractivity contribution is 0.777. The number of alkyl halides is 1. The van der Waals surface area contributed by atoms with E-state index in [1.807, 2.05) is 13.1 Å². The molecule has 0 aliphatic heterocycles. The number of anilines is 1. The number of hydrogen-bond donors (Lipinski definition) is 0. The smallest absolute Gasteiger partial charge is 0.147 e. The highest BCUT2D eigenvalue weighted by molar-refractivity contribution is 6.33. The summed E-state index contributed by atoms with van der Waals surface area (Å²) in [6.07, 6.45) is 4.46. The Balaban J connectivity index is 2.11. The van der Waals surface area contributed by atoms with E-state index in [2.05, 4.69) is 9.88 Å². The minimum Gasteiger partial charge on any atom is -0.358 e. The molecule has 15 heavy (non-hydrogen) atoms. The summed E-state index contributed by atoms with van der Waals surface area (Å²) < 4.78 is 0. The van der Waals surface area contributed by atoms with Crippen LogP contribution in [0.3, 0.4) is 0 Å². The van der Waals surface area contributed by atoms with Crippen LogP contribution in [0.5, 0.6) is 0 Å². The van der Waals surface area contributed by atoms with Gasteiger partial charge in [-0.05, 0) is 30.4 Å². The van der Waals surface area contributed by atoms with Crippen LogP contribution in [-0.2, 0) is 5.88 Å². The van der Waals surface area contributed by atoms with E-state index in [0.717, 1.165) is 23.8 Å². The van der Waals surface area contributed by atoms with E-state index < -0.39 is 0 Å². The minimum absolute atomic E-state index is 0.458. The molecule has 1 aliphatic rings. The number of rotatable bonds is 4. The Morgan fingerprint density at radius 2 is 2.27 bits per heavy atom. The summed E-state index contributed by atoms with van der Waals surface area (Å²) in [5, 5.41) is 0.691. The molecular weight excluding hydrogens is 231 g/mol. The Kier molecular flexibility index (Phi) is 3.37. The normalized spacial score (nSPS) is 15.4. The molecule has 0 unspecified atom stereocenters. The van der Waals surface area contributed by atoms with Crippen molar-refractivity contribution in [1.82, 2.24) is 4.98 Å². The molecular formula is C11H14Cl2N2. The summed E-state index contributed by atoms with van der Waals surface area (Å²) in [6, 6.07) is 1.89. The molecule has 1 heterocycles. The van der Waals surface area contributed by atoms with Crippen LogP contribution in [0.1, 0.15) is 18.4 Å². The van der Waals surface area contributed by atoms with Crippen molar-refractivity contribution in [2.24, 2.45) is 5.92 Å². The number of aromatic nitrogens is 1. The second-order valence-corrected chi connectivity index (χ2v) is 4.78. The minimum atomic E-state index is 0.458. The highest BCUT2D eigenvalue weighted by atomic mass is 35.5. The number of nitrogens with zero attached hydrogens (tertiary/aromatic N) is 2. The van der Waals surface area contributed by atoms with Crippen LogP contribution in [0.15, 0.2) is 12.3 Å². The summed E-state index contributed by atoms with van der Waals surface area (Å²) in [7, 11) is 2.03. The van der Waals surface area contributed by atoms with Crippen molar-refractivity contribution in [2.75, 3.05) is 18.5 Å². The molecule has 0 radical (unpaired) electrons. The molecule has 0 atom stereocenters. The summed E-state index contributed by atoms with van der Waals surface area (Å²) in [6.45, 7) is 1.05. The van der Waals surface area contributed by atoms with Crippen LogP contribution in [0.4, 0.5) is 5.82 Å². The third-order valence-electron chi connectivity index (χ3n) is 2.62. The van der Waals surface area contributed by atoms with Crippen molar-refractivity contribution in [3.8, 4) is 0 Å². The average molecular weight is 245 g/mol. The first kappa shape index (κ1) is 11.0. The van der Waals surface area contributed by atoms with Gasteiger partial charge in [0.1, 0.15) is 5.82 Å². The Morgan fingerprint density at radius 3 is 2.80 bits per heavy atom. The maximum Gasteiger partial charge on any atom is 0.147 e. The van der Waals surface area contributed by atoms with Gasteiger partial charge in [0.2, 0.25) is 0 Å². The van der Waals surface area contributed by atoms with Crippen molar-refractivity contribution >= 4 is 29.0 Å². The zero-order valence-electron chi connectivity index (χ0n) is 8.71. The molecule has 0 N–H and O–H groups in total. The van der Waals surface area contributed by atoms with Gasteiger partial charge in [0.15, 0.2) is 0 Å². The fourth-order valence-electron chi connectivity index (χ4n) is 1.60. The molecule has 1 saturated carbocycles. The fourth-order valence-corrected chi connectivity index (χ4v) is 2.08. The van der Waals surface area contributed by atoms with Gasteiger partial charge in [-0.25, -0.2) is 4.98 Å². The molecule has 0 saturated heterocycles. The van der Waals surface area contributed by atoms with E-state index in [4.69, 9.17) is 23.2 Å². The number of halogens is 2. The number of hydrogen-bond acceptors (Lipinski definition) is 2. The lowest BCUT2D eigenvalue weighted by atomic mass is 10.3. The van der Waals surface area contributed by atoms with Gasteiger partial charge in [-0.2, -0.15) is 0 Å². The molecule has 1 aliphatic carbocycles. The van der Waals surface area contributed by atoms with Gasteiger partial charge in [-0.1, -0.05) is 11.6 Å². The molecule has 1 fully saturated rings. The van der Waals surface area contributed by atoms with Gasteiger partial charge in [0.05, 0.1) is 5.02 Å². The molecule has 2 nitrogen and oxygen atoms in total. The molecule has 82 valence electrons. The van der Waals surface area contributed by atoms with Gasteiger partial charge < -0.3 is 4.90 Å². The van der Waals surface area contributed by atoms with Crippen LogP contribution in [0, 0.1) is 5.92 Å². The predicted molar refractivity (Wildman–Crippen MR) is 64.8 cm³/mol. The van der Waals surface area contributed by atoms with Crippen molar-refractivity contribution in [1.29, 1.82) is 0 Å². The lowest BCUT2D eigenvalue weighted by Crippen LogP contribution is -2.21. The van der Waals surface area contributed by atoms with E-state index in [1.165, 1.54) is 12.8 Å². The SMILES string of the molecule is CN(CC1CC1)c1ncc(CCl)cc1Cl. The van der Waals surface area contributed by atoms with E-state index in [0.29, 0.717) is 10.9 Å². The fraction of sp³-hybridized carbons (Fsp3) is 0.545. The third-order valence-corrected chi connectivity index (χ3v) is 3.21. The lowest BCUT2D eigenvalue weighted by Gasteiger charge is -2.19. The molecule has 0 bridgehead atoms. The summed E-state index contributed by atoms with van der Waals surface area (Å²) in [4.78, 5) is 6.46. The molecule has 1 aromatic heterocycles. The topological polar surface area (TPSA) is 16.1 Å². The highest BCUT2D eigenvalue weighted by Gasteiger charge is 2.24. The molecule has 4 heteroatoms. The molecule has 0 spiro atoms. The average Bonchev–Trinajstić information content (AvgIpc) is 3.01. The second kappa shape index (κ2) is 4.58. The van der Waals surface area contributed by atoms with Crippen LogP contribution >= 0.6 is 23.2 Å². The van der Waals surface area contributed by atoms with Crippen LogP contribution in [0.25, 0.3) is 0 Å². The van der Waals surface area contributed by atoms with E-state index in [9.17, 15) is 0 Å². The second-order valence-electron chi connectivity index (χ2n) is 4.11. The highest BCUT2D eigenvalue weighted by Crippen LogP contribution is 2.32. The van der Waals surface area contributed by atoms with Crippen LogP contribution in [0.2, 0.25) is 5.02 Å². The van der Waals surface area contributed by atoms with E-state index in [1.54, 1.807) is 6.20 Å². The summed E-state index contributed by atoms with van der Waals surface area (Å²) >= 11 is 11.9. The quantitative estimate of drug-likeness (QED) is 0.756. The van der Waals surface area contributed by atoms with Gasteiger partial charge in [0, 0.05) is 25.7 Å². The Labute approximate surface area is 100 Å². The summed E-state index contributed by atoms with van der Waals surface area (Å²) in [5.41, 5.74) is 0.963. The molecule has 0 amide bonds. The van der Waals surface area contributed by atoms with E-state index in [-0.39, 0.29) is 0 Å². The maximum atomic E-state index is 6.14. The van der Waals surface area contributed by atoms with Crippen molar-refractivity contribution in [3.63, 3.8) is 0 Å². The Morgan fingerprint density at radius 1 is 1.53 bits per heavy atom.